The van der Waals surface area contributed by atoms with Crippen molar-refractivity contribution in [1.82, 2.24) is 9.21 Å². The van der Waals surface area contributed by atoms with Gasteiger partial charge in [-0.3, -0.25) is 9.69 Å². The quantitative estimate of drug-likeness (QED) is 0.573. The summed E-state index contributed by atoms with van der Waals surface area (Å²) < 4.78 is 40.9. The van der Waals surface area contributed by atoms with Gasteiger partial charge in [0.1, 0.15) is 11.9 Å². The van der Waals surface area contributed by atoms with E-state index in [0.717, 1.165) is 23.3 Å². The van der Waals surface area contributed by atoms with E-state index in [1.807, 2.05) is 66.4 Å². The largest absolute Gasteiger partial charge is 0.324 e. The zero-order valence-electron chi connectivity index (χ0n) is 19.0. The fourth-order valence-electron chi connectivity index (χ4n) is 4.18. The third-order valence-electron chi connectivity index (χ3n) is 5.99. The molecule has 3 aromatic rings. The normalized spacial score (nSPS) is 16.5. The van der Waals surface area contributed by atoms with Gasteiger partial charge in [-0.25, -0.2) is 12.8 Å². The molecular formula is C26H28FN3O3S. The molecule has 1 fully saturated rings. The maximum atomic E-state index is 13.4. The van der Waals surface area contributed by atoms with Crippen LogP contribution in [0.3, 0.4) is 0 Å². The van der Waals surface area contributed by atoms with Gasteiger partial charge in [0.15, 0.2) is 0 Å². The van der Waals surface area contributed by atoms with Crippen LogP contribution in [0.25, 0.3) is 0 Å². The molecule has 0 bridgehead atoms. The van der Waals surface area contributed by atoms with Gasteiger partial charge >= 0.3 is 0 Å². The lowest BCUT2D eigenvalue weighted by molar-refractivity contribution is -0.121. The van der Waals surface area contributed by atoms with Crippen LogP contribution in [-0.4, -0.2) is 49.7 Å². The molecule has 0 radical (unpaired) electrons. The smallest absolute Gasteiger partial charge is 0.246 e. The number of anilines is 1. The second-order valence-corrected chi connectivity index (χ2v) is 10.4. The Bertz CT molecular complexity index is 1220. The number of hydrogen-bond acceptors (Lipinski definition) is 4. The highest BCUT2D eigenvalue weighted by atomic mass is 32.2. The molecule has 0 saturated carbocycles. The SMILES string of the molecule is Cc1ccc(NC(=O)C(c2ccccc2)N2CCCN(S(=O)(=O)c3ccc(F)cc3)CC2)cc1. The van der Waals surface area contributed by atoms with E-state index in [-0.39, 0.29) is 17.3 Å². The minimum Gasteiger partial charge on any atom is -0.324 e. The number of rotatable bonds is 6. The molecule has 1 aliphatic heterocycles. The van der Waals surface area contributed by atoms with Crippen LogP contribution >= 0.6 is 0 Å². The van der Waals surface area contributed by atoms with E-state index in [0.29, 0.717) is 31.7 Å². The number of sulfonamides is 1. The predicted molar refractivity (Wildman–Crippen MR) is 130 cm³/mol. The van der Waals surface area contributed by atoms with Crippen LogP contribution < -0.4 is 5.32 Å². The van der Waals surface area contributed by atoms with Crippen LogP contribution in [-0.2, 0) is 14.8 Å². The first-order chi connectivity index (χ1) is 16.3. The van der Waals surface area contributed by atoms with Crippen LogP contribution in [0.1, 0.15) is 23.6 Å². The van der Waals surface area contributed by atoms with E-state index in [1.165, 1.54) is 16.4 Å². The first-order valence-corrected chi connectivity index (χ1v) is 12.7. The summed E-state index contributed by atoms with van der Waals surface area (Å²) in [6, 6.07) is 21.5. The van der Waals surface area contributed by atoms with Crippen LogP contribution in [0.2, 0.25) is 0 Å². The van der Waals surface area contributed by atoms with Crippen molar-refractivity contribution in [3.8, 4) is 0 Å². The van der Waals surface area contributed by atoms with Gasteiger partial charge in [-0.15, -0.1) is 0 Å². The Morgan fingerprint density at radius 1 is 0.882 bits per heavy atom. The summed E-state index contributed by atoms with van der Waals surface area (Å²) in [7, 11) is -3.75. The summed E-state index contributed by atoms with van der Waals surface area (Å²) in [6.07, 6.45) is 0.571. The molecule has 8 heteroatoms. The minimum absolute atomic E-state index is 0.0686. The molecule has 4 rings (SSSR count). The van der Waals surface area contributed by atoms with Crippen molar-refractivity contribution in [2.24, 2.45) is 0 Å². The number of benzene rings is 3. The minimum atomic E-state index is -3.75. The predicted octanol–water partition coefficient (Wildman–Crippen LogP) is 4.21. The number of hydrogen-bond donors (Lipinski definition) is 1. The number of amides is 1. The number of nitrogens with one attached hydrogen (secondary N) is 1. The van der Waals surface area contributed by atoms with Crippen LogP contribution in [0.15, 0.2) is 83.8 Å². The topological polar surface area (TPSA) is 69.7 Å². The maximum Gasteiger partial charge on any atom is 0.246 e. The number of aryl methyl sites for hydroxylation is 1. The van der Waals surface area contributed by atoms with E-state index < -0.39 is 21.9 Å². The van der Waals surface area contributed by atoms with Crippen LogP contribution in [0.5, 0.6) is 0 Å². The van der Waals surface area contributed by atoms with E-state index in [4.69, 9.17) is 0 Å². The molecule has 0 spiro atoms. The van der Waals surface area contributed by atoms with Gasteiger partial charge in [-0.05, 0) is 55.3 Å². The Morgan fingerprint density at radius 3 is 2.24 bits per heavy atom. The molecule has 34 heavy (non-hydrogen) atoms. The van der Waals surface area contributed by atoms with Gasteiger partial charge in [-0.1, -0.05) is 48.0 Å². The summed E-state index contributed by atoms with van der Waals surface area (Å²) in [5.41, 5.74) is 2.67. The van der Waals surface area contributed by atoms with Crippen molar-refractivity contribution in [2.75, 3.05) is 31.5 Å². The van der Waals surface area contributed by atoms with E-state index >= 15 is 0 Å². The van der Waals surface area contributed by atoms with Crippen molar-refractivity contribution in [3.05, 3.63) is 95.8 Å². The molecule has 1 heterocycles. The van der Waals surface area contributed by atoms with Gasteiger partial charge in [0.2, 0.25) is 15.9 Å². The van der Waals surface area contributed by atoms with Crippen LogP contribution in [0, 0.1) is 12.7 Å². The number of carbonyl (C=O) groups excluding carboxylic acids is 1. The first kappa shape index (κ1) is 24.1. The van der Waals surface area contributed by atoms with Crippen molar-refractivity contribution in [3.63, 3.8) is 0 Å². The van der Waals surface area contributed by atoms with Gasteiger partial charge in [-0.2, -0.15) is 4.31 Å². The Hall–Kier alpha value is -3.07. The fourth-order valence-corrected chi connectivity index (χ4v) is 5.65. The molecule has 1 unspecified atom stereocenters. The highest BCUT2D eigenvalue weighted by Gasteiger charge is 2.32. The molecule has 1 atom stereocenters. The Balaban J connectivity index is 1.55. The standard InChI is InChI=1S/C26H28FN3O3S/c1-20-8-12-23(13-9-20)28-26(31)25(21-6-3-2-4-7-21)29-16-5-17-30(19-18-29)34(32,33)24-14-10-22(27)11-15-24/h2-4,6-15,25H,5,16-19H2,1H3,(H,28,31). The lowest BCUT2D eigenvalue weighted by Crippen LogP contribution is -2.40. The fraction of sp³-hybridized carbons (Fsp3) is 0.269. The summed E-state index contributed by atoms with van der Waals surface area (Å²) in [5, 5.41) is 3.01. The van der Waals surface area contributed by atoms with Crippen molar-refractivity contribution in [1.29, 1.82) is 0 Å². The Morgan fingerprint density at radius 2 is 1.56 bits per heavy atom. The molecule has 1 aliphatic rings. The number of carbonyl (C=O) groups is 1. The van der Waals surface area contributed by atoms with E-state index in [1.54, 1.807) is 0 Å². The highest BCUT2D eigenvalue weighted by molar-refractivity contribution is 7.89. The number of nitrogens with zero attached hydrogens (tertiary/aromatic N) is 2. The zero-order valence-corrected chi connectivity index (χ0v) is 19.8. The third kappa shape index (κ3) is 5.52. The molecular weight excluding hydrogens is 453 g/mol. The second kappa shape index (κ2) is 10.5. The van der Waals surface area contributed by atoms with Crippen molar-refractivity contribution in [2.45, 2.75) is 24.3 Å². The Labute approximate surface area is 200 Å². The lowest BCUT2D eigenvalue weighted by Gasteiger charge is -2.30. The first-order valence-electron chi connectivity index (χ1n) is 11.3. The van der Waals surface area contributed by atoms with E-state index in [9.17, 15) is 17.6 Å². The maximum absolute atomic E-state index is 13.4. The zero-order chi connectivity index (χ0) is 24.1. The molecule has 1 N–H and O–H groups in total. The molecule has 6 nitrogen and oxygen atoms in total. The molecule has 1 saturated heterocycles. The Kier molecular flexibility index (Phi) is 7.41. The lowest BCUT2D eigenvalue weighted by atomic mass is 10.0. The average Bonchev–Trinajstić information content (AvgIpc) is 3.08. The van der Waals surface area contributed by atoms with Gasteiger partial charge < -0.3 is 5.32 Å². The van der Waals surface area contributed by atoms with Gasteiger partial charge in [0.25, 0.3) is 0 Å². The summed E-state index contributed by atoms with van der Waals surface area (Å²) in [4.78, 5) is 15.5. The summed E-state index contributed by atoms with van der Waals surface area (Å²) in [6.45, 7) is 3.51. The summed E-state index contributed by atoms with van der Waals surface area (Å²) >= 11 is 0. The van der Waals surface area contributed by atoms with Gasteiger partial charge in [0.05, 0.1) is 4.90 Å². The molecule has 0 aliphatic carbocycles. The highest BCUT2D eigenvalue weighted by Crippen LogP contribution is 2.26. The molecule has 3 aromatic carbocycles. The number of halogens is 1. The van der Waals surface area contributed by atoms with Gasteiger partial charge in [0, 0.05) is 31.9 Å². The molecule has 0 aromatic heterocycles. The van der Waals surface area contributed by atoms with E-state index in [2.05, 4.69) is 5.32 Å². The monoisotopic (exact) mass is 481 g/mol. The second-order valence-electron chi connectivity index (χ2n) is 8.42. The van der Waals surface area contributed by atoms with Crippen molar-refractivity contribution < 1.29 is 17.6 Å². The average molecular weight is 482 g/mol. The molecule has 1 amide bonds. The van der Waals surface area contributed by atoms with Crippen molar-refractivity contribution >= 4 is 21.6 Å². The molecule has 178 valence electrons. The summed E-state index contributed by atoms with van der Waals surface area (Å²) in [5.74, 6) is -0.642. The third-order valence-corrected chi connectivity index (χ3v) is 7.90. The van der Waals surface area contributed by atoms with Crippen LogP contribution in [0.4, 0.5) is 10.1 Å².